The van der Waals surface area contributed by atoms with E-state index in [1.165, 1.54) is 23.1 Å². The lowest BCUT2D eigenvalue weighted by Crippen LogP contribution is -2.48. The van der Waals surface area contributed by atoms with E-state index in [9.17, 15) is 9.59 Å². The first-order valence-electron chi connectivity index (χ1n) is 10.4. The summed E-state index contributed by atoms with van der Waals surface area (Å²) in [6.45, 7) is 10.5. The van der Waals surface area contributed by atoms with Crippen LogP contribution in [-0.2, 0) is 4.79 Å². The number of nitrogens with one attached hydrogen (secondary N) is 1. The summed E-state index contributed by atoms with van der Waals surface area (Å²) in [6.07, 6.45) is 0.103. The molecular formula is C21H29N5O3S2. The van der Waals surface area contributed by atoms with Gasteiger partial charge in [0, 0.05) is 37.8 Å². The van der Waals surface area contributed by atoms with Crippen LogP contribution in [0.25, 0.3) is 0 Å². The Labute approximate surface area is 191 Å². The van der Waals surface area contributed by atoms with Crippen LogP contribution in [0, 0.1) is 0 Å². The molecule has 2 heterocycles. The third-order valence-corrected chi connectivity index (χ3v) is 6.60. The molecule has 0 radical (unpaired) electrons. The maximum atomic E-state index is 12.8. The van der Waals surface area contributed by atoms with Crippen molar-refractivity contribution in [2.24, 2.45) is 0 Å². The minimum Gasteiger partial charge on any atom is -0.491 e. The molecule has 10 heteroatoms. The summed E-state index contributed by atoms with van der Waals surface area (Å²) in [6, 6.07) is 7.44. The highest BCUT2D eigenvalue weighted by Crippen LogP contribution is 2.28. The Morgan fingerprint density at radius 2 is 1.77 bits per heavy atom. The average Bonchev–Trinajstić information content (AvgIpc) is 3.21. The number of amides is 2. The van der Waals surface area contributed by atoms with E-state index in [1.807, 2.05) is 56.9 Å². The fourth-order valence-corrected chi connectivity index (χ4v) is 4.81. The number of hydrogen-bond donors (Lipinski definition) is 1. The van der Waals surface area contributed by atoms with Gasteiger partial charge in [-0.1, -0.05) is 23.1 Å². The minimum atomic E-state index is -0.00678. The zero-order chi connectivity index (χ0) is 22.4. The van der Waals surface area contributed by atoms with Gasteiger partial charge in [-0.15, -0.1) is 10.2 Å². The maximum absolute atomic E-state index is 12.8. The van der Waals surface area contributed by atoms with E-state index < -0.39 is 0 Å². The van der Waals surface area contributed by atoms with Gasteiger partial charge in [-0.05, 0) is 52.0 Å². The van der Waals surface area contributed by atoms with Gasteiger partial charge < -0.3 is 19.9 Å². The lowest BCUT2D eigenvalue weighted by molar-refractivity contribution is -0.119. The quantitative estimate of drug-likeness (QED) is 0.602. The van der Waals surface area contributed by atoms with Gasteiger partial charge in [-0.3, -0.25) is 9.59 Å². The number of piperazine rings is 1. The second-order valence-electron chi connectivity index (χ2n) is 7.83. The van der Waals surface area contributed by atoms with Gasteiger partial charge in [0.05, 0.1) is 11.9 Å². The number of ether oxygens (including phenoxy) is 1. The van der Waals surface area contributed by atoms with E-state index in [2.05, 4.69) is 20.4 Å². The Morgan fingerprint density at radius 1 is 1.10 bits per heavy atom. The molecule has 2 amide bonds. The Balaban J connectivity index is 1.48. The number of carbonyl (C=O) groups is 2. The smallest absolute Gasteiger partial charge is 0.253 e. The molecule has 3 rings (SSSR count). The highest BCUT2D eigenvalue weighted by molar-refractivity contribution is 8.01. The summed E-state index contributed by atoms with van der Waals surface area (Å²) < 4.78 is 6.41. The molecule has 1 aromatic heterocycles. The monoisotopic (exact) mass is 463 g/mol. The van der Waals surface area contributed by atoms with E-state index in [0.717, 1.165) is 15.2 Å². The number of hydrogen-bond acceptors (Lipinski definition) is 8. The number of thioether (sulfide) groups is 1. The van der Waals surface area contributed by atoms with Crippen molar-refractivity contribution in [2.75, 3.05) is 36.8 Å². The van der Waals surface area contributed by atoms with E-state index in [1.54, 1.807) is 0 Å². The van der Waals surface area contributed by atoms with Gasteiger partial charge in [0.2, 0.25) is 11.0 Å². The Kier molecular flexibility index (Phi) is 8.14. The number of rotatable bonds is 8. The zero-order valence-corrected chi connectivity index (χ0v) is 20.0. The molecule has 0 saturated carbocycles. The van der Waals surface area contributed by atoms with Crippen molar-refractivity contribution in [2.45, 2.75) is 44.2 Å². The fraction of sp³-hybridized carbons (Fsp3) is 0.524. The summed E-state index contributed by atoms with van der Waals surface area (Å²) >= 11 is 2.88. The largest absolute Gasteiger partial charge is 0.491 e. The first-order valence-corrected chi connectivity index (χ1v) is 12.2. The van der Waals surface area contributed by atoms with Gasteiger partial charge in [0.1, 0.15) is 5.75 Å². The molecule has 0 aliphatic carbocycles. The number of benzene rings is 1. The van der Waals surface area contributed by atoms with Crippen LogP contribution in [0.4, 0.5) is 5.13 Å². The third kappa shape index (κ3) is 6.83. The molecule has 2 aromatic rings. The highest BCUT2D eigenvalue weighted by atomic mass is 32.2. The number of aromatic nitrogens is 2. The zero-order valence-electron chi connectivity index (χ0n) is 18.3. The topological polar surface area (TPSA) is 87.7 Å². The molecule has 8 nitrogen and oxygen atoms in total. The molecule has 1 aromatic carbocycles. The van der Waals surface area contributed by atoms with Gasteiger partial charge in [0.15, 0.2) is 4.34 Å². The van der Waals surface area contributed by atoms with Crippen LogP contribution < -0.4 is 15.0 Å². The van der Waals surface area contributed by atoms with Crippen LogP contribution in [-0.4, -0.2) is 71.0 Å². The summed E-state index contributed by atoms with van der Waals surface area (Å²) in [5.74, 6) is 1.12. The molecule has 1 saturated heterocycles. The van der Waals surface area contributed by atoms with Gasteiger partial charge in [-0.25, -0.2) is 0 Å². The lowest BCUT2D eigenvalue weighted by atomic mass is 10.1. The van der Waals surface area contributed by atoms with Crippen molar-refractivity contribution in [1.29, 1.82) is 0 Å². The van der Waals surface area contributed by atoms with Crippen LogP contribution in [0.2, 0.25) is 0 Å². The fourth-order valence-electron chi connectivity index (χ4n) is 3.11. The second-order valence-corrected chi connectivity index (χ2v) is 10.0. The van der Waals surface area contributed by atoms with Crippen LogP contribution >= 0.6 is 23.1 Å². The molecule has 1 N–H and O–H groups in total. The molecule has 0 unspecified atom stereocenters. The normalized spacial score (nSPS) is 14.3. The van der Waals surface area contributed by atoms with E-state index >= 15 is 0 Å². The third-order valence-electron chi connectivity index (χ3n) is 4.48. The molecule has 1 aliphatic heterocycles. The summed E-state index contributed by atoms with van der Waals surface area (Å²) in [4.78, 5) is 28.6. The summed E-state index contributed by atoms with van der Waals surface area (Å²) in [7, 11) is 0. The SMILES string of the molecule is CC(C)NC(=O)CSc1nnc(N2CCN(C(=O)c3ccc(OC(C)C)cc3)CC2)s1. The number of anilines is 1. The van der Waals surface area contributed by atoms with Crippen molar-refractivity contribution in [3.8, 4) is 5.75 Å². The van der Waals surface area contributed by atoms with Crippen molar-refractivity contribution in [1.82, 2.24) is 20.4 Å². The van der Waals surface area contributed by atoms with Crippen molar-refractivity contribution >= 4 is 40.0 Å². The van der Waals surface area contributed by atoms with Gasteiger partial charge in [0.25, 0.3) is 5.91 Å². The predicted octanol–water partition coefficient (Wildman–Crippen LogP) is 2.90. The lowest BCUT2D eigenvalue weighted by Gasteiger charge is -2.34. The number of carbonyl (C=O) groups excluding carboxylic acids is 2. The first-order chi connectivity index (χ1) is 14.8. The molecule has 31 heavy (non-hydrogen) atoms. The van der Waals surface area contributed by atoms with Gasteiger partial charge >= 0.3 is 0 Å². The molecule has 1 aliphatic rings. The molecule has 0 atom stereocenters. The van der Waals surface area contributed by atoms with Crippen LogP contribution in [0.3, 0.4) is 0 Å². The minimum absolute atomic E-state index is 0.00678. The van der Waals surface area contributed by atoms with E-state index in [4.69, 9.17) is 4.74 Å². The predicted molar refractivity (Wildman–Crippen MR) is 124 cm³/mol. The van der Waals surface area contributed by atoms with E-state index in [0.29, 0.717) is 37.5 Å². The first kappa shape index (κ1) is 23.3. The second kappa shape index (κ2) is 10.8. The Bertz CT molecular complexity index is 877. The average molecular weight is 464 g/mol. The molecule has 1 fully saturated rings. The maximum Gasteiger partial charge on any atom is 0.253 e. The highest BCUT2D eigenvalue weighted by Gasteiger charge is 2.24. The van der Waals surface area contributed by atoms with Gasteiger partial charge in [-0.2, -0.15) is 0 Å². The molecule has 168 valence electrons. The Hall–Kier alpha value is -2.33. The van der Waals surface area contributed by atoms with Crippen LogP contribution in [0.5, 0.6) is 5.75 Å². The number of nitrogens with zero attached hydrogens (tertiary/aromatic N) is 4. The summed E-state index contributed by atoms with van der Waals surface area (Å²) in [5, 5.41) is 12.1. The van der Waals surface area contributed by atoms with Crippen molar-refractivity contribution in [3.63, 3.8) is 0 Å². The summed E-state index contributed by atoms with van der Waals surface area (Å²) in [5.41, 5.74) is 0.666. The van der Waals surface area contributed by atoms with Crippen LogP contribution in [0.1, 0.15) is 38.1 Å². The van der Waals surface area contributed by atoms with Crippen LogP contribution in [0.15, 0.2) is 28.6 Å². The molecular weight excluding hydrogens is 434 g/mol. The molecule has 0 spiro atoms. The Morgan fingerprint density at radius 3 is 2.39 bits per heavy atom. The standard InChI is InChI=1S/C21H29N5O3S2/c1-14(2)22-18(27)13-30-21-24-23-20(31-21)26-11-9-25(10-12-26)19(28)16-5-7-17(8-6-16)29-15(3)4/h5-8,14-15H,9-13H2,1-4H3,(H,22,27). The van der Waals surface area contributed by atoms with Crippen molar-refractivity contribution < 1.29 is 14.3 Å². The van der Waals surface area contributed by atoms with Crippen molar-refractivity contribution in [3.05, 3.63) is 29.8 Å². The van der Waals surface area contributed by atoms with E-state index in [-0.39, 0.29) is 24.0 Å². The molecule has 0 bridgehead atoms.